The maximum absolute atomic E-state index is 12.1. The Labute approximate surface area is 137 Å². The average molecular weight is 329 g/mol. The monoisotopic (exact) mass is 329 g/mol. The van der Waals surface area contributed by atoms with Crippen molar-refractivity contribution < 1.29 is 9.21 Å². The van der Waals surface area contributed by atoms with Gasteiger partial charge in [0.25, 0.3) is 0 Å². The van der Waals surface area contributed by atoms with Crippen LogP contribution in [0.5, 0.6) is 0 Å². The van der Waals surface area contributed by atoms with Crippen molar-refractivity contribution in [2.75, 3.05) is 24.3 Å². The summed E-state index contributed by atoms with van der Waals surface area (Å²) < 4.78 is 5.40. The maximum atomic E-state index is 12.1. The van der Waals surface area contributed by atoms with Crippen LogP contribution in [-0.2, 0) is 11.2 Å². The van der Waals surface area contributed by atoms with Gasteiger partial charge in [0.1, 0.15) is 12.1 Å². The molecule has 3 rings (SSSR count). The van der Waals surface area contributed by atoms with Crippen molar-refractivity contribution in [1.82, 2.24) is 15.0 Å². The second-order valence-electron chi connectivity index (χ2n) is 4.98. The predicted molar refractivity (Wildman–Crippen MR) is 88.5 cm³/mol. The van der Waals surface area contributed by atoms with E-state index in [0.717, 1.165) is 4.88 Å². The Morgan fingerprint density at radius 2 is 2.22 bits per heavy atom. The van der Waals surface area contributed by atoms with Crippen molar-refractivity contribution >= 4 is 29.0 Å². The number of aromatic nitrogens is 3. The lowest BCUT2D eigenvalue weighted by atomic mass is 10.3. The molecule has 0 fully saturated rings. The summed E-state index contributed by atoms with van der Waals surface area (Å²) in [7, 11) is 3.67. The van der Waals surface area contributed by atoms with Crippen LogP contribution in [0.2, 0.25) is 0 Å². The topological polar surface area (TPSA) is 84.2 Å². The molecule has 118 valence electrons. The highest BCUT2D eigenvalue weighted by molar-refractivity contribution is 7.13. The third-order valence-corrected chi connectivity index (χ3v) is 3.79. The van der Waals surface area contributed by atoms with Gasteiger partial charge in [0.2, 0.25) is 17.7 Å². The van der Waals surface area contributed by atoms with Crippen molar-refractivity contribution in [3.63, 3.8) is 0 Å². The molecule has 0 aliphatic carbocycles. The van der Waals surface area contributed by atoms with Crippen LogP contribution in [0.1, 0.15) is 5.69 Å². The molecule has 1 N–H and O–H groups in total. The molecule has 0 radical (unpaired) electrons. The van der Waals surface area contributed by atoms with Crippen molar-refractivity contribution in [1.29, 1.82) is 0 Å². The third-order valence-electron chi connectivity index (χ3n) is 2.94. The van der Waals surface area contributed by atoms with Crippen LogP contribution in [0, 0.1) is 0 Å². The van der Waals surface area contributed by atoms with Gasteiger partial charge in [-0.25, -0.2) is 9.97 Å². The summed E-state index contributed by atoms with van der Waals surface area (Å²) in [6.07, 6.45) is 3.22. The highest BCUT2D eigenvalue weighted by Gasteiger charge is 2.12. The van der Waals surface area contributed by atoms with Gasteiger partial charge in [-0.15, -0.1) is 11.3 Å². The standard InChI is InChI=1S/C15H15N5O2S/c1-20(2)15-16-6-5-12(19-15)18-13(21)8-10-9-22-14(17-10)11-4-3-7-23-11/h3-7,9H,8H2,1-2H3,(H,16,18,19,21). The summed E-state index contributed by atoms with van der Waals surface area (Å²) in [5.74, 6) is 1.30. The van der Waals surface area contributed by atoms with Gasteiger partial charge in [0.05, 0.1) is 17.0 Å². The molecule has 0 saturated carbocycles. The number of nitrogens with one attached hydrogen (secondary N) is 1. The van der Waals surface area contributed by atoms with Gasteiger partial charge >= 0.3 is 0 Å². The quantitative estimate of drug-likeness (QED) is 0.774. The summed E-state index contributed by atoms with van der Waals surface area (Å²) >= 11 is 1.54. The summed E-state index contributed by atoms with van der Waals surface area (Å²) in [6.45, 7) is 0. The van der Waals surface area contributed by atoms with E-state index in [1.807, 2.05) is 31.6 Å². The van der Waals surface area contributed by atoms with Crippen molar-refractivity contribution in [3.8, 4) is 10.8 Å². The molecule has 0 aliphatic rings. The van der Waals surface area contributed by atoms with Crippen LogP contribution in [0.3, 0.4) is 0 Å². The number of anilines is 2. The van der Waals surface area contributed by atoms with Gasteiger partial charge in [-0.1, -0.05) is 6.07 Å². The van der Waals surface area contributed by atoms with E-state index in [4.69, 9.17) is 4.42 Å². The molecule has 0 unspecified atom stereocenters. The molecule has 3 aromatic heterocycles. The number of carbonyl (C=O) groups is 1. The molecule has 8 heteroatoms. The summed E-state index contributed by atoms with van der Waals surface area (Å²) in [6, 6.07) is 5.49. The van der Waals surface area contributed by atoms with Crippen LogP contribution >= 0.6 is 11.3 Å². The molecular weight excluding hydrogens is 314 g/mol. The SMILES string of the molecule is CN(C)c1nccc(NC(=O)Cc2coc(-c3cccs3)n2)n1. The highest BCUT2D eigenvalue weighted by Crippen LogP contribution is 2.23. The number of hydrogen-bond donors (Lipinski definition) is 1. The molecule has 1 amide bonds. The minimum absolute atomic E-state index is 0.121. The molecule has 3 heterocycles. The predicted octanol–water partition coefficient (Wildman–Crippen LogP) is 2.44. The Morgan fingerprint density at radius 3 is 2.96 bits per heavy atom. The Morgan fingerprint density at radius 1 is 1.35 bits per heavy atom. The number of nitrogens with zero attached hydrogens (tertiary/aromatic N) is 4. The van der Waals surface area contributed by atoms with E-state index in [0.29, 0.717) is 23.4 Å². The molecule has 3 aromatic rings. The molecule has 0 spiro atoms. The average Bonchev–Trinajstić information content (AvgIpc) is 3.18. The minimum Gasteiger partial charge on any atom is -0.444 e. The van der Waals surface area contributed by atoms with Gasteiger partial charge in [0.15, 0.2) is 0 Å². The fraction of sp³-hybridized carbons (Fsp3) is 0.200. The molecule has 0 saturated heterocycles. The van der Waals surface area contributed by atoms with Gasteiger partial charge in [-0.2, -0.15) is 4.98 Å². The molecule has 0 aromatic carbocycles. The van der Waals surface area contributed by atoms with E-state index >= 15 is 0 Å². The lowest BCUT2D eigenvalue weighted by Gasteiger charge is -2.10. The van der Waals surface area contributed by atoms with Gasteiger partial charge in [0, 0.05) is 20.3 Å². The minimum atomic E-state index is -0.209. The fourth-order valence-electron chi connectivity index (χ4n) is 1.89. The number of amides is 1. The number of oxazole rings is 1. The molecule has 23 heavy (non-hydrogen) atoms. The highest BCUT2D eigenvalue weighted by atomic mass is 32.1. The summed E-state index contributed by atoms with van der Waals surface area (Å²) in [4.78, 5) is 27.5. The second kappa shape index (κ2) is 6.57. The van der Waals surface area contributed by atoms with Crippen molar-refractivity contribution in [2.24, 2.45) is 0 Å². The van der Waals surface area contributed by atoms with Gasteiger partial charge < -0.3 is 14.6 Å². The first-order valence-corrected chi connectivity index (χ1v) is 7.78. The number of rotatable bonds is 5. The van der Waals surface area contributed by atoms with E-state index in [-0.39, 0.29) is 12.3 Å². The zero-order chi connectivity index (χ0) is 16.2. The normalized spacial score (nSPS) is 10.5. The van der Waals surface area contributed by atoms with E-state index in [9.17, 15) is 4.79 Å². The molecule has 7 nitrogen and oxygen atoms in total. The zero-order valence-corrected chi connectivity index (χ0v) is 13.5. The Kier molecular flexibility index (Phi) is 4.33. The summed E-state index contributed by atoms with van der Waals surface area (Å²) in [5, 5.41) is 4.68. The smallest absolute Gasteiger partial charge is 0.236 e. The van der Waals surface area contributed by atoms with Crippen LogP contribution in [-0.4, -0.2) is 35.0 Å². The van der Waals surface area contributed by atoms with Crippen LogP contribution in [0.25, 0.3) is 10.8 Å². The Balaban J connectivity index is 1.64. The molecule has 0 atom stereocenters. The largest absolute Gasteiger partial charge is 0.444 e. The molecular formula is C15H15N5O2S. The Bertz CT molecular complexity index is 798. The first kappa shape index (κ1) is 15.2. The van der Waals surface area contributed by atoms with E-state index in [1.165, 1.54) is 17.6 Å². The lowest BCUT2D eigenvalue weighted by molar-refractivity contribution is -0.115. The van der Waals surface area contributed by atoms with Crippen LogP contribution in [0.4, 0.5) is 11.8 Å². The first-order chi connectivity index (χ1) is 11.1. The summed E-state index contributed by atoms with van der Waals surface area (Å²) in [5.41, 5.74) is 0.577. The third kappa shape index (κ3) is 3.72. The van der Waals surface area contributed by atoms with Gasteiger partial charge in [-0.05, 0) is 17.5 Å². The Hall–Kier alpha value is -2.74. The van der Waals surface area contributed by atoms with E-state index < -0.39 is 0 Å². The van der Waals surface area contributed by atoms with E-state index in [2.05, 4.69) is 20.3 Å². The second-order valence-corrected chi connectivity index (χ2v) is 5.93. The molecule has 0 bridgehead atoms. The molecule has 0 aliphatic heterocycles. The number of carbonyl (C=O) groups excluding carboxylic acids is 1. The van der Waals surface area contributed by atoms with Crippen molar-refractivity contribution in [2.45, 2.75) is 6.42 Å². The van der Waals surface area contributed by atoms with Gasteiger partial charge in [-0.3, -0.25) is 4.79 Å². The number of thiophene rings is 1. The van der Waals surface area contributed by atoms with Crippen LogP contribution < -0.4 is 10.2 Å². The fourth-order valence-corrected chi connectivity index (χ4v) is 2.54. The maximum Gasteiger partial charge on any atom is 0.236 e. The van der Waals surface area contributed by atoms with Crippen molar-refractivity contribution in [3.05, 3.63) is 41.7 Å². The lowest BCUT2D eigenvalue weighted by Crippen LogP contribution is -2.18. The zero-order valence-electron chi connectivity index (χ0n) is 12.7. The van der Waals surface area contributed by atoms with Crippen LogP contribution in [0.15, 0.2) is 40.5 Å². The number of hydrogen-bond acceptors (Lipinski definition) is 7. The van der Waals surface area contributed by atoms with E-state index in [1.54, 1.807) is 17.2 Å². The first-order valence-electron chi connectivity index (χ1n) is 6.90.